The second-order valence-corrected chi connectivity index (χ2v) is 7.85. The molecule has 2 N–H and O–H groups in total. The number of rotatable bonds is 6. The Morgan fingerprint density at radius 3 is 2.59 bits per heavy atom. The number of carbonyl (C=O) groups is 1. The third-order valence-electron chi connectivity index (χ3n) is 5.78. The number of hydrogen-bond donors (Lipinski definition) is 2. The predicted octanol–water partition coefficient (Wildman–Crippen LogP) is 3.54. The number of halogens is 3. The first-order valence-corrected chi connectivity index (χ1v) is 10.3. The number of aromatic nitrogens is 1. The highest BCUT2D eigenvalue weighted by Gasteiger charge is 2.30. The molecule has 9 heteroatoms. The van der Waals surface area contributed by atoms with E-state index < -0.39 is 39.8 Å². The Hall–Kier alpha value is -3.33. The van der Waals surface area contributed by atoms with E-state index in [4.69, 9.17) is 0 Å². The van der Waals surface area contributed by atoms with Crippen LogP contribution in [-0.4, -0.2) is 41.8 Å². The minimum atomic E-state index is -1.52. The van der Waals surface area contributed by atoms with Gasteiger partial charge >= 0.3 is 5.97 Å². The molecule has 0 aliphatic carbocycles. The number of anilines is 1. The van der Waals surface area contributed by atoms with Gasteiger partial charge < -0.3 is 19.9 Å². The first-order valence-electron chi connectivity index (χ1n) is 10.3. The van der Waals surface area contributed by atoms with Gasteiger partial charge in [0.05, 0.1) is 10.9 Å². The van der Waals surface area contributed by atoms with Gasteiger partial charge in [-0.05, 0) is 55.8 Å². The van der Waals surface area contributed by atoms with Crippen molar-refractivity contribution in [3.05, 3.63) is 69.8 Å². The molecule has 0 radical (unpaired) electrons. The van der Waals surface area contributed by atoms with Crippen molar-refractivity contribution < 1.29 is 23.1 Å². The van der Waals surface area contributed by atoms with Crippen molar-refractivity contribution in [2.75, 3.05) is 31.1 Å². The molecule has 168 valence electrons. The molecule has 1 aliphatic rings. The maximum Gasteiger partial charge on any atom is 0.341 e. The van der Waals surface area contributed by atoms with E-state index in [1.54, 1.807) is 4.90 Å². The summed E-state index contributed by atoms with van der Waals surface area (Å²) in [6.07, 6.45) is 1.75. The number of aromatic carboxylic acids is 1. The summed E-state index contributed by atoms with van der Waals surface area (Å²) in [4.78, 5) is 25.9. The van der Waals surface area contributed by atoms with Crippen LogP contribution in [0.5, 0.6) is 0 Å². The largest absolute Gasteiger partial charge is 0.477 e. The number of carboxylic acid groups (broad SMARTS) is 1. The van der Waals surface area contributed by atoms with Gasteiger partial charge in [0.1, 0.15) is 22.9 Å². The van der Waals surface area contributed by atoms with E-state index in [-0.39, 0.29) is 22.8 Å². The zero-order valence-corrected chi connectivity index (χ0v) is 17.4. The van der Waals surface area contributed by atoms with Crippen LogP contribution in [0.2, 0.25) is 0 Å². The molecule has 1 aliphatic heterocycles. The van der Waals surface area contributed by atoms with Crippen LogP contribution in [0.25, 0.3) is 16.6 Å². The summed E-state index contributed by atoms with van der Waals surface area (Å²) in [7, 11) is 0. The number of fused-ring (bicyclic) bond motifs is 1. The topological polar surface area (TPSA) is 74.6 Å². The average molecular weight is 445 g/mol. The molecular formula is C23H22F3N3O3. The van der Waals surface area contributed by atoms with Crippen LogP contribution in [0.15, 0.2) is 41.3 Å². The molecule has 0 saturated carbocycles. The molecular weight excluding hydrogens is 423 g/mol. The Bertz CT molecular complexity index is 1240. The highest BCUT2D eigenvalue weighted by atomic mass is 19.1. The first kappa shape index (κ1) is 21.9. The van der Waals surface area contributed by atoms with Crippen molar-refractivity contribution in [2.45, 2.75) is 13.3 Å². The summed E-state index contributed by atoms with van der Waals surface area (Å²) in [6, 6.07) is 5.81. The monoisotopic (exact) mass is 445 g/mol. The summed E-state index contributed by atoms with van der Waals surface area (Å²) in [5.74, 6) is -3.72. The molecule has 6 nitrogen and oxygen atoms in total. The van der Waals surface area contributed by atoms with Crippen molar-refractivity contribution in [3.8, 4) is 5.69 Å². The van der Waals surface area contributed by atoms with Gasteiger partial charge in [0, 0.05) is 25.0 Å². The van der Waals surface area contributed by atoms with Crippen LogP contribution < -0.4 is 15.6 Å². The molecule has 2 heterocycles. The lowest BCUT2D eigenvalue weighted by Gasteiger charge is -2.22. The van der Waals surface area contributed by atoms with Crippen molar-refractivity contribution in [2.24, 2.45) is 5.92 Å². The maximum atomic E-state index is 15.8. The van der Waals surface area contributed by atoms with Gasteiger partial charge in [-0.2, -0.15) is 0 Å². The normalized spacial score (nSPS) is 16.1. The summed E-state index contributed by atoms with van der Waals surface area (Å²) in [6.45, 7) is 4.40. The fourth-order valence-electron chi connectivity index (χ4n) is 4.20. The van der Waals surface area contributed by atoms with Crippen LogP contribution in [0, 0.1) is 23.4 Å². The van der Waals surface area contributed by atoms with Gasteiger partial charge in [0.2, 0.25) is 5.43 Å². The summed E-state index contributed by atoms with van der Waals surface area (Å²) < 4.78 is 45.5. The summed E-state index contributed by atoms with van der Waals surface area (Å²) >= 11 is 0. The highest BCUT2D eigenvalue weighted by molar-refractivity contribution is 5.94. The molecule has 1 fully saturated rings. The molecule has 32 heavy (non-hydrogen) atoms. The standard InChI is InChI=1S/C23H22F3N3O3/c1-2-27-10-13-7-8-28(11-13)21-18(25)9-16-20(19(21)26)29(12-17(22(16)30)23(31)32)15-5-3-14(24)4-6-15/h3-6,9,12-13,27H,2,7-8,10-11H2,1H3,(H,31,32). The summed E-state index contributed by atoms with van der Waals surface area (Å²) in [5, 5.41) is 12.3. The Kier molecular flexibility index (Phi) is 5.92. The van der Waals surface area contributed by atoms with Gasteiger partial charge in [-0.25, -0.2) is 18.0 Å². The molecule has 0 amide bonds. The molecule has 1 aromatic heterocycles. The van der Waals surface area contributed by atoms with E-state index in [2.05, 4.69) is 5.32 Å². The van der Waals surface area contributed by atoms with E-state index in [9.17, 15) is 19.1 Å². The Morgan fingerprint density at radius 1 is 1.22 bits per heavy atom. The predicted molar refractivity (Wildman–Crippen MR) is 115 cm³/mol. The van der Waals surface area contributed by atoms with Crippen molar-refractivity contribution in [1.29, 1.82) is 0 Å². The van der Waals surface area contributed by atoms with E-state index in [1.165, 1.54) is 12.1 Å². The molecule has 0 bridgehead atoms. The fourth-order valence-corrected chi connectivity index (χ4v) is 4.20. The Balaban J connectivity index is 1.93. The Morgan fingerprint density at radius 2 is 1.94 bits per heavy atom. The van der Waals surface area contributed by atoms with Crippen LogP contribution in [0.3, 0.4) is 0 Å². The SMILES string of the molecule is CCNCC1CCN(c2c(F)cc3c(=O)c(C(=O)O)cn(-c4ccc(F)cc4)c3c2F)C1. The average Bonchev–Trinajstić information content (AvgIpc) is 3.22. The van der Waals surface area contributed by atoms with Crippen LogP contribution in [-0.2, 0) is 0 Å². The van der Waals surface area contributed by atoms with E-state index in [0.29, 0.717) is 13.1 Å². The van der Waals surface area contributed by atoms with E-state index in [0.717, 1.165) is 48.5 Å². The minimum Gasteiger partial charge on any atom is -0.477 e. The van der Waals surface area contributed by atoms with Crippen molar-refractivity contribution in [3.63, 3.8) is 0 Å². The van der Waals surface area contributed by atoms with E-state index in [1.807, 2.05) is 6.92 Å². The van der Waals surface area contributed by atoms with E-state index >= 15 is 8.78 Å². The Labute approximate surface area is 181 Å². The van der Waals surface area contributed by atoms with Gasteiger partial charge in [0.25, 0.3) is 0 Å². The van der Waals surface area contributed by atoms with Crippen LogP contribution in [0.1, 0.15) is 23.7 Å². The zero-order valence-electron chi connectivity index (χ0n) is 17.4. The number of benzene rings is 2. The van der Waals surface area contributed by atoms with Gasteiger partial charge in [-0.1, -0.05) is 6.92 Å². The minimum absolute atomic E-state index is 0.220. The van der Waals surface area contributed by atoms with Crippen LogP contribution >= 0.6 is 0 Å². The third-order valence-corrected chi connectivity index (χ3v) is 5.78. The number of pyridine rings is 1. The first-order chi connectivity index (χ1) is 15.3. The highest BCUT2D eigenvalue weighted by Crippen LogP contribution is 2.34. The molecule has 1 unspecified atom stereocenters. The van der Waals surface area contributed by atoms with Gasteiger partial charge in [-0.15, -0.1) is 0 Å². The quantitative estimate of drug-likeness (QED) is 0.607. The number of carboxylic acids is 1. The summed E-state index contributed by atoms with van der Waals surface area (Å²) in [5.41, 5.74) is -1.89. The molecule has 1 atom stereocenters. The van der Waals surface area contributed by atoms with Crippen LogP contribution in [0.4, 0.5) is 18.9 Å². The van der Waals surface area contributed by atoms with Crippen molar-refractivity contribution in [1.82, 2.24) is 9.88 Å². The second-order valence-electron chi connectivity index (χ2n) is 7.85. The lowest BCUT2D eigenvalue weighted by Crippen LogP contribution is -2.28. The fraction of sp³-hybridized carbons (Fsp3) is 0.304. The molecule has 3 aromatic rings. The smallest absolute Gasteiger partial charge is 0.341 e. The molecule has 2 aromatic carbocycles. The lowest BCUT2D eigenvalue weighted by molar-refractivity contribution is 0.0695. The van der Waals surface area contributed by atoms with Crippen molar-refractivity contribution >= 4 is 22.6 Å². The number of nitrogens with one attached hydrogen (secondary N) is 1. The number of hydrogen-bond acceptors (Lipinski definition) is 4. The molecule has 4 rings (SSSR count). The third kappa shape index (κ3) is 3.84. The molecule has 1 saturated heterocycles. The molecule has 0 spiro atoms. The van der Waals surface area contributed by atoms with Gasteiger partial charge in [0.15, 0.2) is 5.82 Å². The van der Waals surface area contributed by atoms with Gasteiger partial charge in [-0.3, -0.25) is 4.79 Å². The second kappa shape index (κ2) is 8.66. The lowest BCUT2D eigenvalue weighted by atomic mass is 10.1. The maximum absolute atomic E-state index is 15.8. The number of nitrogens with zero attached hydrogens (tertiary/aromatic N) is 2. The zero-order chi connectivity index (χ0) is 23.0.